The summed E-state index contributed by atoms with van der Waals surface area (Å²) in [6.07, 6.45) is 1.76. The molecule has 1 saturated heterocycles. The number of hydrogen-bond acceptors (Lipinski definition) is 4. The van der Waals surface area contributed by atoms with Gasteiger partial charge in [0.2, 0.25) is 0 Å². The molecule has 0 aromatic heterocycles. The Morgan fingerprint density at radius 3 is 2.72 bits per heavy atom. The first-order chi connectivity index (χ1) is 8.58. The molecule has 2 N–H and O–H groups in total. The zero-order valence-electron chi connectivity index (χ0n) is 10.4. The van der Waals surface area contributed by atoms with Crippen LogP contribution in [-0.4, -0.2) is 23.7 Å². The van der Waals surface area contributed by atoms with Gasteiger partial charge in [0.25, 0.3) is 5.69 Å². The van der Waals surface area contributed by atoms with Gasteiger partial charge in [0.05, 0.1) is 11.0 Å². The Morgan fingerprint density at radius 2 is 2.11 bits per heavy atom. The molecule has 0 radical (unpaired) electrons. The Balaban J connectivity index is 2.02. The molecule has 0 saturated carbocycles. The first kappa shape index (κ1) is 13.0. The number of nitro benzene ring substituents is 1. The van der Waals surface area contributed by atoms with E-state index in [2.05, 4.69) is 6.92 Å². The Bertz CT molecular complexity index is 419. The van der Waals surface area contributed by atoms with E-state index < -0.39 is 0 Å². The highest BCUT2D eigenvalue weighted by molar-refractivity contribution is 5.33. The molecule has 3 unspecified atom stereocenters. The van der Waals surface area contributed by atoms with Crippen LogP contribution in [0.5, 0.6) is 0 Å². The fraction of sp³-hybridized carbons (Fsp3) is 0.538. The van der Waals surface area contributed by atoms with Crippen LogP contribution in [0.2, 0.25) is 0 Å². The molecule has 98 valence electrons. The van der Waals surface area contributed by atoms with E-state index in [9.17, 15) is 10.1 Å². The van der Waals surface area contributed by atoms with Crippen molar-refractivity contribution < 1.29 is 9.66 Å². The number of nitro groups is 1. The molecule has 1 aromatic carbocycles. The molecular formula is C13H18N2O3. The predicted octanol–water partition coefficient (Wildman–Crippen LogP) is 1.89. The zero-order chi connectivity index (χ0) is 13.1. The van der Waals surface area contributed by atoms with Gasteiger partial charge in [-0.15, -0.1) is 0 Å². The average Bonchev–Trinajstić information content (AvgIpc) is 2.36. The first-order valence-electron chi connectivity index (χ1n) is 6.18. The Hall–Kier alpha value is -1.46. The van der Waals surface area contributed by atoms with E-state index in [4.69, 9.17) is 10.5 Å². The van der Waals surface area contributed by atoms with Crippen molar-refractivity contribution in [3.05, 3.63) is 39.9 Å². The molecule has 0 amide bonds. The van der Waals surface area contributed by atoms with Gasteiger partial charge in [-0.2, -0.15) is 0 Å². The maximum Gasteiger partial charge on any atom is 0.269 e. The topological polar surface area (TPSA) is 78.4 Å². The molecule has 1 fully saturated rings. The van der Waals surface area contributed by atoms with Crippen LogP contribution in [0.4, 0.5) is 5.69 Å². The fourth-order valence-electron chi connectivity index (χ4n) is 2.28. The molecule has 3 atom stereocenters. The number of hydrogen-bond donors (Lipinski definition) is 1. The Kier molecular flexibility index (Phi) is 3.93. The molecule has 0 aliphatic carbocycles. The van der Waals surface area contributed by atoms with Gasteiger partial charge < -0.3 is 10.5 Å². The predicted molar refractivity (Wildman–Crippen MR) is 68.3 cm³/mol. The van der Waals surface area contributed by atoms with Crippen LogP contribution in [0.1, 0.15) is 18.9 Å². The lowest BCUT2D eigenvalue weighted by Crippen LogP contribution is -2.44. The van der Waals surface area contributed by atoms with Crippen LogP contribution in [0.15, 0.2) is 24.3 Å². The fourth-order valence-corrected chi connectivity index (χ4v) is 2.28. The summed E-state index contributed by atoms with van der Waals surface area (Å²) < 4.78 is 5.73. The smallest absolute Gasteiger partial charge is 0.269 e. The number of nitrogens with two attached hydrogens (primary N) is 1. The van der Waals surface area contributed by atoms with Crippen LogP contribution in [-0.2, 0) is 11.2 Å². The Morgan fingerprint density at radius 1 is 1.44 bits per heavy atom. The van der Waals surface area contributed by atoms with E-state index >= 15 is 0 Å². The third-order valence-corrected chi connectivity index (χ3v) is 3.63. The highest BCUT2D eigenvalue weighted by Gasteiger charge is 2.28. The standard InChI is InChI=1S/C13H18N2O3/c1-9-12(14)6-7-18-13(9)8-10-2-4-11(5-3-10)15(16)17/h2-5,9,12-13H,6-8,14H2,1H3. The van der Waals surface area contributed by atoms with E-state index in [0.29, 0.717) is 12.5 Å². The van der Waals surface area contributed by atoms with Crippen molar-refractivity contribution in [2.24, 2.45) is 11.7 Å². The van der Waals surface area contributed by atoms with Crippen molar-refractivity contribution in [2.45, 2.75) is 31.9 Å². The molecule has 5 nitrogen and oxygen atoms in total. The number of non-ortho nitro benzene ring substituents is 1. The lowest BCUT2D eigenvalue weighted by molar-refractivity contribution is -0.384. The van der Waals surface area contributed by atoms with E-state index in [1.165, 1.54) is 12.1 Å². The highest BCUT2D eigenvalue weighted by Crippen LogP contribution is 2.23. The first-order valence-corrected chi connectivity index (χ1v) is 6.18. The minimum atomic E-state index is -0.389. The van der Waals surface area contributed by atoms with Crippen molar-refractivity contribution in [1.82, 2.24) is 0 Å². The molecule has 1 aliphatic heterocycles. The van der Waals surface area contributed by atoms with Crippen LogP contribution in [0.25, 0.3) is 0 Å². The van der Waals surface area contributed by atoms with Crippen LogP contribution in [0, 0.1) is 16.0 Å². The van der Waals surface area contributed by atoms with E-state index in [1.54, 1.807) is 12.1 Å². The number of nitrogens with zero attached hydrogens (tertiary/aromatic N) is 1. The van der Waals surface area contributed by atoms with Crippen molar-refractivity contribution in [3.8, 4) is 0 Å². The quantitative estimate of drug-likeness (QED) is 0.656. The molecule has 5 heteroatoms. The molecule has 18 heavy (non-hydrogen) atoms. The third kappa shape index (κ3) is 2.86. The average molecular weight is 250 g/mol. The van der Waals surface area contributed by atoms with Crippen molar-refractivity contribution >= 4 is 5.69 Å². The summed E-state index contributed by atoms with van der Waals surface area (Å²) in [6, 6.07) is 6.82. The molecule has 0 spiro atoms. The molecular weight excluding hydrogens is 232 g/mol. The zero-order valence-corrected chi connectivity index (χ0v) is 10.4. The summed E-state index contributed by atoms with van der Waals surface area (Å²) in [5, 5.41) is 10.6. The number of benzene rings is 1. The maximum absolute atomic E-state index is 10.6. The summed E-state index contributed by atoms with van der Waals surface area (Å²) in [4.78, 5) is 10.2. The van der Waals surface area contributed by atoms with Gasteiger partial charge in [-0.05, 0) is 24.3 Å². The van der Waals surface area contributed by atoms with Crippen molar-refractivity contribution in [3.63, 3.8) is 0 Å². The van der Waals surface area contributed by atoms with Crippen molar-refractivity contribution in [1.29, 1.82) is 0 Å². The summed E-state index contributed by atoms with van der Waals surface area (Å²) in [7, 11) is 0. The van der Waals surface area contributed by atoms with Gasteiger partial charge >= 0.3 is 0 Å². The summed E-state index contributed by atoms with van der Waals surface area (Å²) in [6.45, 7) is 2.79. The summed E-state index contributed by atoms with van der Waals surface area (Å²) in [5.41, 5.74) is 7.18. The van der Waals surface area contributed by atoms with Gasteiger partial charge in [0.1, 0.15) is 0 Å². The molecule has 1 aromatic rings. The lowest BCUT2D eigenvalue weighted by Gasteiger charge is -2.34. The lowest BCUT2D eigenvalue weighted by atomic mass is 9.88. The molecule has 1 heterocycles. The third-order valence-electron chi connectivity index (χ3n) is 3.63. The normalized spacial score (nSPS) is 28.0. The second-order valence-corrected chi connectivity index (χ2v) is 4.85. The SMILES string of the molecule is CC1C(N)CCOC1Cc1ccc([N+](=O)[O-])cc1. The molecule has 1 aliphatic rings. The van der Waals surface area contributed by atoms with Crippen LogP contribution < -0.4 is 5.73 Å². The van der Waals surface area contributed by atoms with Crippen LogP contribution >= 0.6 is 0 Å². The van der Waals surface area contributed by atoms with Gasteiger partial charge in [-0.3, -0.25) is 10.1 Å². The van der Waals surface area contributed by atoms with Gasteiger partial charge in [0.15, 0.2) is 0 Å². The number of ether oxygens (including phenoxy) is 1. The Labute approximate surface area is 106 Å². The largest absolute Gasteiger partial charge is 0.377 e. The van der Waals surface area contributed by atoms with E-state index in [-0.39, 0.29) is 22.8 Å². The second-order valence-electron chi connectivity index (χ2n) is 4.85. The highest BCUT2D eigenvalue weighted by atomic mass is 16.6. The summed E-state index contributed by atoms with van der Waals surface area (Å²) in [5.74, 6) is 0.314. The second kappa shape index (κ2) is 5.46. The molecule has 0 bridgehead atoms. The van der Waals surface area contributed by atoms with Gasteiger partial charge in [-0.1, -0.05) is 19.1 Å². The van der Waals surface area contributed by atoms with Gasteiger partial charge in [0, 0.05) is 24.8 Å². The van der Waals surface area contributed by atoms with E-state index in [0.717, 1.165) is 18.4 Å². The summed E-state index contributed by atoms with van der Waals surface area (Å²) >= 11 is 0. The van der Waals surface area contributed by atoms with Crippen molar-refractivity contribution in [2.75, 3.05) is 6.61 Å². The molecule has 2 rings (SSSR count). The van der Waals surface area contributed by atoms with E-state index in [1.807, 2.05) is 0 Å². The maximum atomic E-state index is 10.6. The number of rotatable bonds is 3. The van der Waals surface area contributed by atoms with Crippen LogP contribution in [0.3, 0.4) is 0 Å². The van der Waals surface area contributed by atoms with Gasteiger partial charge in [-0.25, -0.2) is 0 Å². The monoisotopic (exact) mass is 250 g/mol. The minimum absolute atomic E-state index is 0.107. The minimum Gasteiger partial charge on any atom is -0.377 e.